The quantitative estimate of drug-likeness (QED) is 0.875. The van der Waals surface area contributed by atoms with Gasteiger partial charge in [-0.05, 0) is 26.0 Å². The van der Waals surface area contributed by atoms with Gasteiger partial charge in [-0.15, -0.1) is 0 Å². The molecule has 0 amide bonds. The lowest BCUT2D eigenvalue weighted by atomic mass is 10.0. The van der Waals surface area contributed by atoms with E-state index in [4.69, 9.17) is 0 Å². The van der Waals surface area contributed by atoms with Crippen molar-refractivity contribution in [3.8, 4) is 0 Å². The zero-order chi connectivity index (χ0) is 13.1. The smallest absolute Gasteiger partial charge is 0.149 e. The van der Waals surface area contributed by atoms with Gasteiger partial charge in [0.25, 0.3) is 0 Å². The summed E-state index contributed by atoms with van der Waals surface area (Å²) in [5.41, 5.74) is 3.38. The van der Waals surface area contributed by atoms with Gasteiger partial charge in [0.15, 0.2) is 0 Å². The predicted molar refractivity (Wildman–Crippen MR) is 72.0 cm³/mol. The highest BCUT2D eigenvalue weighted by molar-refractivity contribution is 7.90. The van der Waals surface area contributed by atoms with E-state index in [1.165, 1.54) is 6.26 Å². The Bertz CT molecular complexity index is 460. The monoisotopic (exact) mass is 255 g/mol. The Hall–Kier alpha value is -0.870. The second-order valence-corrected chi connectivity index (χ2v) is 6.81. The van der Waals surface area contributed by atoms with E-state index in [1.807, 2.05) is 32.9 Å². The average Bonchev–Trinajstić information content (AvgIpc) is 2.13. The molecular weight excluding hydrogens is 234 g/mol. The van der Waals surface area contributed by atoms with Crippen molar-refractivity contribution in [3.63, 3.8) is 0 Å². The Labute approximate surface area is 104 Å². The molecule has 0 saturated carbocycles. The fourth-order valence-corrected chi connectivity index (χ4v) is 2.95. The van der Waals surface area contributed by atoms with Gasteiger partial charge in [0.2, 0.25) is 0 Å². The molecule has 1 aromatic rings. The highest BCUT2D eigenvalue weighted by Crippen LogP contribution is 2.18. The van der Waals surface area contributed by atoms with Crippen LogP contribution in [0, 0.1) is 13.8 Å². The van der Waals surface area contributed by atoms with Gasteiger partial charge >= 0.3 is 0 Å². The summed E-state index contributed by atoms with van der Waals surface area (Å²) in [4.78, 5) is 0. The number of hydrogen-bond donors (Lipinski definition) is 1. The molecule has 96 valence electrons. The van der Waals surface area contributed by atoms with Crippen molar-refractivity contribution in [2.45, 2.75) is 26.8 Å². The van der Waals surface area contributed by atoms with E-state index >= 15 is 0 Å². The van der Waals surface area contributed by atoms with Gasteiger partial charge in [0.05, 0.1) is 5.75 Å². The molecule has 0 heterocycles. The van der Waals surface area contributed by atoms with Crippen LogP contribution in [0.3, 0.4) is 0 Å². The van der Waals surface area contributed by atoms with Crippen LogP contribution in [0.4, 0.5) is 0 Å². The molecule has 1 N–H and O–H groups in total. The zero-order valence-electron chi connectivity index (χ0n) is 10.9. The number of benzene rings is 1. The fraction of sp³-hybridized carbons (Fsp3) is 0.538. The minimum Gasteiger partial charge on any atom is -0.309 e. The van der Waals surface area contributed by atoms with Gasteiger partial charge in [-0.2, -0.15) is 0 Å². The Morgan fingerprint density at radius 1 is 1.18 bits per heavy atom. The van der Waals surface area contributed by atoms with E-state index in [0.29, 0.717) is 0 Å². The summed E-state index contributed by atoms with van der Waals surface area (Å²) in [6.45, 7) is 6.80. The van der Waals surface area contributed by atoms with Gasteiger partial charge < -0.3 is 5.32 Å². The van der Waals surface area contributed by atoms with Crippen molar-refractivity contribution in [1.82, 2.24) is 5.32 Å². The second kappa shape index (κ2) is 5.65. The first kappa shape index (κ1) is 14.2. The maximum absolute atomic E-state index is 11.4. The average molecular weight is 255 g/mol. The van der Waals surface area contributed by atoms with E-state index in [-0.39, 0.29) is 11.8 Å². The van der Waals surface area contributed by atoms with Gasteiger partial charge in [0, 0.05) is 12.3 Å². The van der Waals surface area contributed by atoms with Crippen molar-refractivity contribution in [3.05, 3.63) is 34.9 Å². The second-order valence-electron chi connectivity index (χ2n) is 4.62. The minimum absolute atomic E-state index is 0.117. The van der Waals surface area contributed by atoms with E-state index in [2.05, 4.69) is 11.4 Å². The lowest BCUT2D eigenvalue weighted by Crippen LogP contribution is -2.27. The summed E-state index contributed by atoms with van der Waals surface area (Å²) >= 11 is 0. The third-order valence-electron chi connectivity index (χ3n) is 2.57. The van der Waals surface area contributed by atoms with Gasteiger partial charge in [-0.1, -0.05) is 36.2 Å². The third kappa shape index (κ3) is 4.88. The molecule has 1 rings (SSSR count). The maximum Gasteiger partial charge on any atom is 0.149 e. The molecule has 0 fully saturated rings. The molecule has 0 radical (unpaired) electrons. The molecular formula is C13H21NO2S. The molecule has 0 aliphatic carbocycles. The topological polar surface area (TPSA) is 46.2 Å². The maximum atomic E-state index is 11.4. The first-order chi connectivity index (χ1) is 7.81. The number of nitrogens with one attached hydrogen (secondary N) is 1. The number of rotatable bonds is 5. The molecule has 1 atom stereocenters. The van der Waals surface area contributed by atoms with E-state index < -0.39 is 9.84 Å². The summed E-state index contributed by atoms with van der Waals surface area (Å²) in [7, 11) is -2.98. The number of sulfone groups is 1. The lowest BCUT2D eigenvalue weighted by molar-refractivity contribution is 0.563. The lowest BCUT2D eigenvalue weighted by Gasteiger charge is -2.18. The first-order valence-electron chi connectivity index (χ1n) is 5.81. The van der Waals surface area contributed by atoms with Gasteiger partial charge in [-0.25, -0.2) is 8.42 Å². The van der Waals surface area contributed by atoms with E-state index in [0.717, 1.165) is 23.2 Å². The zero-order valence-corrected chi connectivity index (χ0v) is 11.8. The Morgan fingerprint density at radius 3 is 2.12 bits per heavy atom. The van der Waals surface area contributed by atoms with Crippen LogP contribution in [-0.2, 0) is 9.84 Å². The van der Waals surface area contributed by atoms with Crippen molar-refractivity contribution in [2.24, 2.45) is 0 Å². The van der Waals surface area contributed by atoms with Crippen LogP contribution in [0.15, 0.2) is 18.2 Å². The molecule has 4 heteroatoms. The van der Waals surface area contributed by atoms with Crippen LogP contribution in [0.25, 0.3) is 0 Å². The summed E-state index contributed by atoms with van der Waals surface area (Å²) in [5, 5.41) is 3.23. The summed E-state index contributed by atoms with van der Waals surface area (Å²) in [6, 6.07) is 6.07. The summed E-state index contributed by atoms with van der Waals surface area (Å²) in [5.74, 6) is 0.143. The van der Waals surface area contributed by atoms with E-state index in [1.54, 1.807) is 0 Å². The van der Waals surface area contributed by atoms with Crippen molar-refractivity contribution < 1.29 is 8.42 Å². The standard InChI is InChI=1S/C13H21NO2S/c1-5-14-13(9-17(4,15)16)12-7-10(2)6-11(3)8-12/h6-8,13-14H,5,9H2,1-4H3. The van der Waals surface area contributed by atoms with Crippen LogP contribution in [0.1, 0.15) is 29.7 Å². The molecule has 1 unspecified atom stereocenters. The molecule has 0 aliphatic rings. The Morgan fingerprint density at radius 2 is 1.71 bits per heavy atom. The molecule has 1 aromatic carbocycles. The minimum atomic E-state index is -2.98. The predicted octanol–water partition coefficient (Wildman–Crippen LogP) is 2.00. The summed E-state index contributed by atoms with van der Waals surface area (Å²) < 4.78 is 22.8. The SMILES string of the molecule is CCNC(CS(C)(=O)=O)c1cc(C)cc(C)c1. The van der Waals surface area contributed by atoms with Crippen molar-refractivity contribution in [1.29, 1.82) is 0 Å². The Balaban J connectivity index is 3.04. The largest absolute Gasteiger partial charge is 0.309 e. The molecule has 17 heavy (non-hydrogen) atoms. The molecule has 0 aromatic heterocycles. The highest BCUT2D eigenvalue weighted by atomic mass is 32.2. The molecule has 3 nitrogen and oxygen atoms in total. The number of aryl methyl sites for hydroxylation is 2. The van der Waals surface area contributed by atoms with Crippen LogP contribution < -0.4 is 5.32 Å². The molecule has 0 spiro atoms. The van der Waals surface area contributed by atoms with Crippen molar-refractivity contribution >= 4 is 9.84 Å². The van der Waals surface area contributed by atoms with Crippen LogP contribution in [0.5, 0.6) is 0 Å². The fourth-order valence-electron chi connectivity index (χ4n) is 2.03. The van der Waals surface area contributed by atoms with Crippen LogP contribution in [-0.4, -0.2) is 27.0 Å². The third-order valence-corrected chi connectivity index (χ3v) is 3.51. The van der Waals surface area contributed by atoms with Crippen LogP contribution in [0.2, 0.25) is 0 Å². The normalized spacial score (nSPS) is 13.6. The first-order valence-corrected chi connectivity index (χ1v) is 7.87. The highest BCUT2D eigenvalue weighted by Gasteiger charge is 2.16. The molecule has 0 saturated heterocycles. The van der Waals surface area contributed by atoms with Crippen molar-refractivity contribution in [2.75, 3.05) is 18.6 Å². The Kier molecular flexibility index (Phi) is 4.71. The number of hydrogen-bond acceptors (Lipinski definition) is 3. The van der Waals surface area contributed by atoms with E-state index in [9.17, 15) is 8.42 Å². The molecule has 0 aliphatic heterocycles. The summed E-state index contributed by atoms with van der Waals surface area (Å²) in [6.07, 6.45) is 1.28. The van der Waals surface area contributed by atoms with Gasteiger partial charge in [0.1, 0.15) is 9.84 Å². The van der Waals surface area contributed by atoms with Gasteiger partial charge in [-0.3, -0.25) is 0 Å². The van der Waals surface area contributed by atoms with Crippen LogP contribution >= 0.6 is 0 Å². The molecule has 0 bridgehead atoms.